The molecular weight excluding hydrogens is 314 g/mol. The van der Waals surface area contributed by atoms with E-state index in [0.29, 0.717) is 12.2 Å². The molecule has 5 nitrogen and oxygen atoms in total. The maximum Gasteiger partial charge on any atom is 0.219 e. The Balaban J connectivity index is 2.40. The lowest BCUT2D eigenvalue weighted by Gasteiger charge is -2.17. The van der Waals surface area contributed by atoms with Crippen LogP contribution in [-0.2, 0) is 14.6 Å². The number of hydrogen-bond acceptors (Lipinski definition) is 4. The number of carbonyl (C=O) groups excluding carboxylic acids is 1. The van der Waals surface area contributed by atoms with Crippen LogP contribution < -0.4 is 5.32 Å². The van der Waals surface area contributed by atoms with E-state index in [1.807, 2.05) is 13.8 Å². The lowest BCUT2D eigenvalue weighted by Crippen LogP contribution is -2.31. The Bertz CT molecular complexity index is 779. The quantitative estimate of drug-likeness (QED) is 0.880. The summed E-state index contributed by atoms with van der Waals surface area (Å²) < 4.78 is 31.3. The molecule has 1 aromatic carbocycles. The topological polar surface area (TPSA) is 76.4 Å². The zero-order valence-electron chi connectivity index (χ0n) is 13.5. The van der Waals surface area contributed by atoms with Gasteiger partial charge in [-0.15, -0.1) is 0 Å². The smallest absolute Gasteiger partial charge is 0.219 e. The second-order valence-corrected chi connectivity index (χ2v) is 7.58. The molecule has 23 heavy (non-hydrogen) atoms. The summed E-state index contributed by atoms with van der Waals surface area (Å²) in [5, 5.41) is 1.70. The van der Waals surface area contributed by atoms with E-state index in [0.717, 1.165) is 11.1 Å². The highest BCUT2D eigenvalue weighted by molar-refractivity contribution is 7.91. The van der Waals surface area contributed by atoms with Crippen molar-refractivity contribution in [3.05, 3.63) is 53.5 Å². The molecule has 0 aliphatic rings. The Morgan fingerprint density at radius 3 is 2.52 bits per heavy atom. The highest BCUT2D eigenvalue weighted by Gasteiger charge is 2.31. The number of furan rings is 1. The Kier molecular flexibility index (Phi) is 5.26. The SMILES string of the molecule is CCC(=O)NC[C@@H](c1ccco1)S(=O)(=O)c1ccc(C)c(C)c1. The third kappa shape index (κ3) is 3.82. The van der Waals surface area contributed by atoms with Gasteiger partial charge in [0.1, 0.15) is 11.0 Å². The Morgan fingerprint density at radius 2 is 1.96 bits per heavy atom. The van der Waals surface area contributed by atoms with Crippen molar-refractivity contribution in [3.63, 3.8) is 0 Å². The van der Waals surface area contributed by atoms with E-state index in [1.165, 1.54) is 6.26 Å². The zero-order chi connectivity index (χ0) is 17.0. The van der Waals surface area contributed by atoms with Gasteiger partial charge in [-0.05, 0) is 49.2 Å². The molecule has 1 N–H and O–H groups in total. The van der Waals surface area contributed by atoms with Gasteiger partial charge in [-0.3, -0.25) is 4.79 Å². The fourth-order valence-electron chi connectivity index (χ4n) is 2.22. The van der Waals surface area contributed by atoms with Crippen LogP contribution in [0.5, 0.6) is 0 Å². The molecule has 1 atom stereocenters. The fraction of sp³-hybridized carbons (Fsp3) is 0.353. The van der Waals surface area contributed by atoms with Crippen LogP contribution in [-0.4, -0.2) is 20.9 Å². The molecule has 0 aliphatic carbocycles. The van der Waals surface area contributed by atoms with Crippen molar-refractivity contribution in [1.82, 2.24) is 5.32 Å². The Morgan fingerprint density at radius 1 is 1.22 bits per heavy atom. The normalized spacial score (nSPS) is 12.8. The van der Waals surface area contributed by atoms with Gasteiger partial charge in [0.05, 0.1) is 11.2 Å². The number of hydrogen-bond donors (Lipinski definition) is 1. The lowest BCUT2D eigenvalue weighted by atomic mass is 10.1. The maximum absolute atomic E-state index is 13.0. The summed E-state index contributed by atoms with van der Waals surface area (Å²) in [6.07, 6.45) is 1.73. The minimum atomic E-state index is -3.68. The molecule has 0 saturated carbocycles. The Labute approximate surface area is 136 Å². The van der Waals surface area contributed by atoms with Crippen molar-refractivity contribution >= 4 is 15.7 Å². The van der Waals surface area contributed by atoms with E-state index in [1.54, 1.807) is 37.3 Å². The summed E-state index contributed by atoms with van der Waals surface area (Å²) >= 11 is 0. The minimum Gasteiger partial charge on any atom is -0.468 e. The number of nitrogens with one attached hydrogen (secondary N) is 1. The van der Waals surface area contributed by atoms with E-state index in [4.69, 9.17) is 4.42 Å². The van der Waals surface area contributed by atoms with E-state index >= 15 is 0 Å². The number of benzene rings is 1. The van der Waals surface area contributed by atoms with Gasteiger partial charge in [0, 0.05) is 13.0 Å². The molecule has 0 bridgehead atoms. The second-order valence-electron chi connectivity index (χ2n) is 5.45. The van der Waals surface area contributed by atoms with E-state index in [9.17, 15) is 13.2 Å². The second kappa shape index (κ2) is 7.00. The minimum absolute atomic E-state index is 0.0184. The molecule has 2 aromatic rings. The first-order chi connectivity index (χ1) is 10.9. The maximum atomic E-state index is 13.0. The number of aryl methyl sites for hydroxylation is 2. The number of sulfone groups is 1. The van der Waals surface area contributed by atoms with Gasteiger partial charge in [0.15, 0.2) is 9.84 Å². The zero-order valence-corrected chi connectivity index (χ0v) is 14.3. The van der Waals surface area contributed by atoms with Crippen LogP contribution in [0.15, 0.2) is 45.9 Å². The van der Waals surface area contributed by atoms with Crippen molar-refractivity contribution in [2.75, 3.05) is 6.54 Å². The van der Waals surface area contributed by atoms with Gasteiger partial charge in [0.2, 0.25) is 5.91 Å². The van der Waals surface area contributed by atoms with E-state index in [2.05, 4.69) is 5.32 Å². The van der Waals surface area contributed by atoms with Crippen LogP contribution in [0, 0.1) is 13.8 Å². The number of amides is 1. The van der Waals surface area contributed by atoms with Crippen molar-refractivity contribution < 1.29 is 17.6 Å². The van der Waals surface area contributed by atoms with Crippen LogP contribution in [0.1, 0.15) is 35.5 Å². The van der Waals surface area contributed by atoms with Crippen LogP contribution in [0.3, 0.4) is 0 Å². The molecule has 2 rings (SSSR count). The molecule has 0 spiro atoms. The summed E-state index contributed by atoms with van der Waals surface area (Å²) in [7, 11) is -3.68. The van der Waals surface area contributed by atoms with Gasteiger partial charge >= 0.3 is 0 Å². The molecule has 0 radical (unpaired) electrons. The van der Waals surface area contributed by atoms with E-state index in [-0.39, 0.29) is 17.3 Å². The van der Waals surface area contributed by atoms with Crippen LogP contribution >= 0.6 is 0 Å². The molecule has 0 fully saturated rings. The van der Waals surface area contributed by atoms with Gasteiger partial charge < -0.3 is 9.73 Å². The molecule has 1 heterocycles. The molecule has 124 valence electrons. The first-order valence-electron chi connectivity index (χ1n) is 7.47. The lowest BCUT2D eigenvalue weighted by molar-refractivity contribution is -0.120. The standard InChI is InChI=1S/C17H21NO4S/c1-4-17(19)18-11-16(15-6-5-9-22-15)23(20,21)14-8-7-12(2)13(3)10-14/h5-10,16H,4,11H2,1-3H3,(H,18,19)/t16-/m0/s1. The Hall–Kier alpha value is -2.08. The number of carbonyl (C=O) groups is 1. The van der Waals surface area contributed by atoms with Gasteiger partial charge in [-0.25, -0.2) is 8.42 Å². The van der Waals surface area contributed by atoms with Crippen molar-refractivity contribution in [2.45, 2.75) is 37.3 Å². The summed E-state index contributed by atoms with van der Waals surface area (Å²) in [4.78, 5) is 11.7. The third-order valence-corrected chi connectivity index (χ3v) is 5.91. The third-order valence-electron chi connectivity index (χ3n) is 3.85. The van der Waals surface area contributed by atoms with Crippen LogP contribution in [0.25, 0.3) is 0 Å². The molecule has 0 aliphatic heterocycles. The van der Waals surface area contributed by atoms with Crippen molar-refractivity contribution in [2.24, 2.45) is 0 Å². The van der Waals surface area contributed by atoms with Crippen molar-refractivity contribution in [1.29, 1.82) is 0 Å². The highest BCUT2D eigenvalue weighted by Crippen LogP contribution is 2.29. The molecule has 1 aromatic heterocycles. The van der Waals surface area contributed by atoms with Crippen LogP contribution in [0.4, 0.5) is 0 Å². The first kappa shape index (κ1) is 17.3. The average Bonchev–Trinajstić information content (AvgIpc) is 3.03. The van der Waals surface area contributed by atoms with Gasteiger partial charge in [-0.2, -0.15) is 0 Å². The predicted molar refractivity (Wildman–Crippen MR) is 87.9 cm³/mol. The molecule has 1 amide bonds. The van der Waals surface area contributed by atoms with Gasteiger partial charge in [-0.1, -0.05) is 13.0 Å². The van der Waals surface area contributed by atoms with E-state index < -0.39 is 15.1 Å². The largest absolute Gasteiger partial charge is 0.468 e. The fourth-order valence-corrected chi connectivity index (χ4v) is 3.89. The average molecular weight is 335 g/mol. The summed E-state index contributed by atoms with van der Waals surface area (Å²) in [6.45, 7) is 5.50. The monoisotopic (exact) mass is 335 g/mol. The summed E-state index contributed by atoms with van der Waals surface area (Å²) in [5.41, 5.74) is 1.93. The molecule has 6 heteroatoms. The molecule has 0 saturated heterocycles. The molecule has 0 unspecified atom stereocenters. The highest BCUT2D eigenvalue weighted by atomic mass is 32.2. The summed E-state index contributed by atoms with van der Waals surface area (Å²) in [6, 6.07) is 8.28. The van der Waals surface area contributed by atoms with Crippen LogP contribution in [0.2, 0.25) is 0 Å². The number of rotatable bonds is 6. The van der Waals surface area contributed by atoms with Gasteiger partial charge in [0.25, 0.3) is 0 Å². The van der Waals surface area contributed by atoms with Crippen molar-refractivity contribution in [3.8, 4) is 0 Å². The first-order valence-corrected chi connectivity index (χ1v) is 9.02. The summed E-state index contributed by atoms with van der Waals surface area (Å²) in [5.74, 6) is 0.122. The molecular formula is C17H21NO4S. The predicted octanol–water partition coefficient (Wildman–Crippen LogP) is 2.94.